The number of carboxylic acids is 1. The van der Waals surface area contributed by atoms with Gasteiger partial charge in [0.05, 0.1) is 5.57 Å². The number of hydrogen-bond donors (Lipinski definition) is 3. The average Bonchev–Trinajstić information content (AvgIpc) is 2.60. The van der Waals surface area contributed by atoms with Crippen LogP contribution in [0, 0.1) is 0 Å². The van der Waals surface area contributed by atoms with E-state index in [1.165, 1.54) is 11.1 Å². The molecule has 0 aromatic carbocycles. The Labute approximate surface area is 153 Å². The van der Waals surface area contributed by atoms with Crippen LogP contribution in [0.25, 0.3) is 0 Å². The van der Waals surface area contributed by atoms with Crippen LogP contribution in [0.1, 0.15) is 20.3 Å². The van der Waals surface area contributed by atoms with Crippen LogP contribution in [0.4, 0.5) is 0 Å². The van der Waals surface area contributed by atoms with Crippen LogP contribution >= 0.6 is 0 Å². The first kappa shape index (κ1) is 19.6. The van der Waals surface area contributed by atoms with E-state index in [1.54, 1.807) is 20.3 Å². The van der Waals surface area contributed by atoms with Gasteiger partial charge in [-0.2, -0.15) is 0 Å². The lowest BCUT2D eigenvalue weighted by Crippen LogP contribution is -2.50. The SMILES string of the molecule is CC(C)N=C1CCN(C2N=CC(C(=O)N(C)C)=CN2)CC1=C(N)C(=O)O. The highest BCUT2D eigenvalue weighted by molar-refractivity contribution is 6.12. The van der Waals surface area contributed by atoms with Crippen LogP contribution in [0.3, 0.4) is 0 Å². The summed E-state index contributed by atoms with van der Waals surface area (Å²) in [5.41, 5.74) is 7.33. The van der Waals surface area contributed by atoms with Crippen molar-refractivity contribution in [3.05, 3.63) is 23.0 Å². The van der Waals surface area contributed by atoms with E-state index in [4.69, 9.17) is 5.73 Å². The van der Waals surface area contributed by atoms with Crippen molar-refractivity contribution in [1.29, 1.82) is 0 Å². The van der Waals surface area contributed by atoms with E-state index in [0.717, 1.165) is 5.71 Å². The molecule has 1 unspecified atom stereocenters. The molecule has 1 saturated heterocycles. The summed E-state index contributed by atoms with van der Waals surface area (Å²) < 4.78 is 0. The van der Waals surface area contributed by atoms with Crippen molar-refractivity contribution in [1.82, 2.24) is 15.1 Å². The molecule has 0 aromatic heterocycles. The van der Waals surface area contributed by atoms with Gasteiger partial charge in [0.15, 0.2) is 6.29 Å². The van der Waals surface area contributed by atoms with Crippen molar-refractivity contribution >= 4 is 23.8 Å². The Kier molecular flexibility index (Phi) is 6.14. The lowest BCUT2D eigenvalue weighted by Gasteiger charge is -2.35. The summed E-state index contributed by atoms with van der Waals surface area (Å²) in [5, 5.41) is 12.4. The summed E-state index contributed by atoms with van der Waals surface area (Å²) in [6.07, 6.45) is 3.36. The monoisotopic (exact) mass is 362 g/mol. The number of carbonyl (C=O) groups excluding carboxylic acids is 1. The Bertz CT molecular complexity index is 705. The van der Waals surface area contributed by atoms with Crippen LogP contribution < -0.4 is 11.1 Å². The number of aliphatic carboxylic acids is 1. The van der Waals surface area contributed by atoms with Gasteiger partial charge in [-0.1, -0.05) is 0 Å². The van der Waals surface area contributed by atoms with E-state index in [9.17, 15) is 14.7 Å². The topological polar surface area (TPSA) is 124 Å². The number of rotatable bonds is 4. The smallest absolute Gasteiger partial charge is 0.352 e. The van der Waals surface area contributed by atoms with E-state index in [1.807, 2.05) is 18.7 Å². The highest BCUT2D eigenvalue weighted by atomic mass is 16.4. The molecule has 142 valence electrons. The molecule has 2 aliphatic rings. The fraction of sp³-hybridized carbons (Fsp3) is 0.529. The number of nitrogens with one attached hydrogen (secondary N) is 1. The molecule has 2 heterocycles. The Balaban J connectivity index is 2.17. The van der Waals surface area contributed by atoms with E-state index < -0.39 is 5.97 Å². The number of likely N-dealkylation sites (tertiary alicyclic amines) is 1. The van der Waals surface area contributed by atoms with Gasteiger partial charge in [-0.15, -0.1) is 0 Å². The molecule has 1 fully saturated rings. The van der Waals surface area contributed by atoms with Crippen LogP contribution in [0.2, 0.25) is 0 Å². The fourth-order valence-corrected chi connectivity index (χ4v) is 2.78. The molecule has 1 atom stereocenters. The molecule has 0 saturated carbocycles. The molecule has 0 aliphatic carbocycles. The van der Waals surface area contributed by atoms with Gasteiger partial charge in [0.2, 0.25) is 0 Å². The summed E-state index contributed by atoms with van der Waals surface area (Å²) in [6.45, 7) is 4.86. The first-order chi connectivity index (χ1) is 12.2. The van der Waals surface area contributed by atoms with Crippen molar-refractivity contribution in [3.8, 4) is 0 Å². The fourth-order valence-electron chi connectivity index (χ4n) is 2.78. The van der Waals surface area contributed by atoms with Crippen molar-refractivity contribution in [2.75, 3.05) is 27.2 Å². The van der Waals surface area contributed by atoms with Gasteiger partial charge < -0.3 is 21.1 Å². The first-order valence-electron chi connectivity index (χ1n) is 8.44. The third-order valence-electron chi connectivity index (χ3n) is 4.06. The molecule has 0 radical (unpaired) electrons. The zero-order valence-electron chi connectivity index (χ0n) is 15.6. The van der Waals surface area contributed by atoms with E-state index in [-0.39, 0.29) is 23.9 Å². The molecule has 1 amide bonds. The Morgan fingerprint density at radius 1 is 1.46 bits per heavy atom. The van der Waals surface area contributed by atoms with Gasteiger partial charge in [0.1, 0.15) is 5.70 Å². The number of nitrogens with zero attached hydrogens (tertiary/aromatic N) is 4. The molecule has 0 bridgehead atoms. The highest BCUT2D eigenvalue weighted by Gasteiger charge is 2.29. The minimum atomic E-state index is -1.16. The van der Waals surface area contributed by atoms with Gasteiger partial charge in [-0.05, 0) is 13.8 Å². The molecule has 9 heteroatoms. The van der Waals surface area contributed by atoms with Crippen molar-refractivity contribution in [2.24, 2.45) is 15.7 Å². The predicted octanol–water partition coefficient (Wildman–Crippen LogP) is -0.231. The second-order valence-electron chi connectivity index (χ2n) is 6.71. The third kappa shape index (κ3) is 4.48. The van der Waals surface area contributed by atoms with Gasteiger partial charge in [-0.25, -0.2) is 4.79 Å². The Morgan fingerprint density at radius 2 is 2.15 bits per heavy atom. The van der Waals surface area contributed by atoms with E-state index in [2.05, 4.69) is 15.3 Å². The standard InChI is InChI=1S/C17H26N6O3/c1-10(2)21-13-5-6-23(9-12(13)14(18)16(25)26)17-19-7-11(8-20-17)15(24)22(3)4/h7-8,10,17,19H,5-6,9,18H2,1-4H3,(H,25,26). The van der Waals surface area contributed by atoms with Gasteiger partial charge in [0.25, 0.3) is 5.91 Å². The maximum Gasteiger partial charge on any atom is 0.352 e. The van der Waals surface area contributed by atoms with Crippen molar-refractivity contribution in [2.45, 2.75) is 32.6 Å². The minimum absolute atomic E-state index is 0.0570. The quantitative estimate of drug-likeness (QED) is 0.594. The summed E-state index contributed by atoms with van der Waals surface area (Å²) in [5.74, 6) is -1.29. The number of hydrogen-bond acceptors (Lipinski definition) is 7. The summed E-state index contributed by atoms with van der Waals surface area (Å²) >= 11 is 0. The number of carboxylic acid groups (broad SMARTS) is 1. The van der Waals surface area contributed by atoms with Crippen LogP contribution in [0.5, 0.6) is 0 Å². The zero-order chi connectivity index (χ0) is 19.4. The maximum absolute atomic E-state index is 12.0. The van der Waals surface area contributed by atoms with Gasteiger partial charge in [-0.3, -0.25) is 19.7 Å². The number of carbonyl (C=O) groups is 2. The molecule has 0 aromatic rings. The van der Waals surface area contributed by atoms with Crippen LogP contribution in [-0.2, 0) is 9.59 Å². The lowest BCUT2D eigenvalue weighted by molar-refractivity contribution is -0.132. The molecule has 9 nitrogen and oxygen atoms in total. The minimum Gasteiger partial charge on any atom is -0.477 e. The number of amides is 1. The number of nitrogens with two attached hydrogens (primary N) is 1. The molecule has 4 N–H and O–H groups in total. The predicted molar refractivity (Wildman–Crippen MR) is 99.8 cm³/mol. The third-order valence-corrected chi connectivity index (χ3v) is 4.06. The summed E-state index contributed by atoms with van der Waals surface area (Å²) in [4.78, 5) is 35.6. The van der Waals surface area contributed by atoms with Gasteiger partial charge >= 0.3 is 5.97 Å². The second kappa shape index (κ2) is 8.13. The van der Waals surface area contributed by atoms with Crippen LogP contribution in [0.15, 0.2) is 33.0 Å². The highest BCUT2D eigenvalue weighted by Crippen LogP contribution is 2.20. The first-order valence-corrected chi connectivity index (χ1v) is 8.44. The lowest BCUT2D eigenvalue weighted by atomic mass is 9.99. The van der Waals surface area contributed by atoms with Gasteiger partial charge in [0, 0.05) is 63.3 Å². The number of aliphatic imine (C=N–C) groups is 2. The Hall–Kier alpha value is -2.68. The maximum atomic E-state index is 12.0. The number of likely N-dealkylation sites (N-methyl/N-ethyl adjacent to an activating group) is 1. The number of piperidine rings is 1. The van der Waals surface area contributed by atoms with Crippen molar-refractivity contribution in [3.63, 3.8) is 0 Å². The second-order valence-corrected chi connectivity index (χ2v) is 6.71. The molecular formula is C17H26N6O3. The average molecular weight is 362 g/mol. The molecule has 26 heavy (non-hydrogen) atoms. The summed E-state index contributed by atoms with van der Waals surface area (Å²) in [7, 11) is 3.35. The largest absolute Gasteiger partial charge is 0.477 e. The molecule has 2 aliphatic heterocycles. The molecular weight excluding hydrogens is 336 g/mol. The van der Waals surface area contributed by atoms with Crippen molar-refractivity contribution < 1.29 is 14.7 Å². The Morgan fingerprint density at radius 3 is 2.65 bits per heavy atom. The van der Waals surface area contributed by atoms with E-state index in [0.29, 0.717) is 30.7 Å². The molecule has 2 rings (SSSR count). The van der Waals surface area contributed by atoms with Crippen LogP contribution in [-0.4, -0.2) is 78.2 Å². The normalized spacial score (nSPS) is 24.3. The zero-order valence-corrected chi connectivity index (χ0v) is 15.6. The van der Waals surface area contributed by atoms with E-state index >= 15 is 0 Å². The summed E-state index contributed by atoms with van der Waals surface area (Å²) in [6, 6.07) is 0.0570. The molecule has 0 spiro atoms.